The standard InChI is InChI=1S/C17H14O4.C15H16O4/c1-19-13-10-6-9-12-14(18)17(20-2)15(21-16(12)13)11-7-4-3-5-8-11;1-8-3-4-10-12(18-7-8)6-13-14(15(10)17)11(16)5-9(2)19-13/h3-10H,1-2H3;5-6,8,17H,3-4,7H2,1-2H3. The van der Waals surface area contributed by atoms with Gasteiger partial charge < -0.3 is 28.2 Å². The van der Waals surface area contributed by atoms with Crippen molar-refractivity contribution in [2.24, 2.45) is 5.92 Å². The van der Waals surface area contributed by atoms with E-state index in [0.29, 0.717) is 64.1 Å². The average molecular weight is 543 g/mol. The van der Waals surface area contributed by atoms with Gasteiger partial charge in [-0.05, 0) is 37.8 Å². The summed E-state index contributed by atoms with van der Waals surface area (Å²) >= 11 is 0. The number of ether oxygens (including phenoxy) is 3. The lowest BCUT2D eigenvalue weighted by Crippen LogP contribution is -2.08. The zero-order valence-electron chi connectivity index (χ0n) is 22.8. The minimum atomic E-state index is -0.212. The molecule has 3 aromatic carbocycles. The van der Waals surface area contributed by atoms with Crippen molar-refractivity contribution >= 4 is 21.9 Å². The molecule has 0 amide bonds. The fourth-order valence-electron chi connectivity index (χ4n) is 4.82. The molecule has 0 aliphatic carbocycles. The molecule has 1 N–H and O–H groups in total. The lowest BCUT2D eigenvalue weighted by molar-refractivity contribution is 0.265. The Kier molecular flexibility index (Phi) is 7.51. The second kappa shape index (κ2) is 11.2. The van der Waals surface area contributed by atoms with Crippen LogP contribution in [0.4, 0.5) is 0 Å². The number of methoxy groups -OCH3 is 2. The van der Waals surface area contributed by atoms with Gasteiger partial charge in [0, 0.05) is 23.3 Å². The summed E-state index contributed by atoms with van der Waals surface area (Å²) in [6.07, 6.45) is 1.65. The van der Waals surface area contributed by atoms with Crippen molar-refractivity contribution in [2.45, 2.75) is 26.7 Å². The van der Waals surface area contributed by atoms with Crippen LogP contribution in [0.25, 0.3) is 33.3 Å². The average Bonchev–Trinajstić information content (AvgIpc) is 3.14. The number of benzene rings is 3. The predicted molar refractivity (Wildman–Crippen MR) is 153 cm³/mol. The molecule has 0 saturated carbocycles. The van der Waals surface area contributed by atoms with Crippen molar-refractivity contribution in [3.8, 4) is 34.3 Å². The van der Waals surface area contributed by atoms with E-state index in [1.54, 1.807) is 38.3 Å². The lowest BCUT2D eigenvalue weighted by atomic mass is 10.00. The maximum absolute atomic E-state index is 12.6. The normalized spacial score (nSPS) is 14.4. The van der Waals surface area contributed by atoms with Gasteiger partial charge in [0.25, 0.3) is 0 Å². The summed E-state index contributed by atoms with van der Waals surface area (Å²) in [5.41, 5.74) is 1.88. The quantitative estimate of drug-likeness (QED) is 0.285. The highest BCUT2D eigenvalue weighted by molar-refractivity contribution is 5.87. The number of hydrogen-bond acceptors (Lipinski definition) is 8. The summed E-state index contributed by atoms with van der Waals surface area (Å²) in [5, 5.41) is 11.0. The van der Waals surface area contributed by atoms with E-state index in [1.165, 1.54) is 13.2 Å². The third-order valence-electron chi connectivity index (χ3n) is 6.89. The van der Waals surface area contributed by atoms with Gasteiger partial charge in [-0.3, -0.25) is 9.59 Å². The van der Waals surface area contributed by atoms with Crippen molar-refractivity contribution < 1.29 is 28.2 Å². The molecule has 2 aromatic heterocycles. The molecule has 1 unspecified atom stereocenters. The Morgan fingerprint density at radius 1 is 0.950 bits per heavy atom. The third-order valence-corrected chi connectivity index (χ3v) is 6.89. The highest BCUT2D eigenvalue weighted by Gasteiger charge is 2.22. The number of phenolic OH excluding ortho intramolecular Hbond substituents is 1. The number of fused-ring (bicyclic) bond motifs is 3. The van der Waals surface area contributed by atoms with Crippen molar-refractivity contribution in [3.05, 3.63) is 92.4 Å². The van der Waals surface area contributed by atoms with Gasteiger partial charge >= 0.3 is 0 Å². The van der Waals surface area contributed by atoms with Crippen LogP contribution in [0, 0.1) is 12.8 Å². The molecule has 0 spiro atoms. The van der Waals surface area contributed by atoms with E-state index in [4.69, 9.17) is 23.0 Å². The number of rotatable bonds is 3. The van der Waals surface area contributed by atoms with Crippen LogP contribution in [0.1, 0.15) is 24.7 Å². The Morgan fingerprint density at radius 2 is 1.73 bits per heavy atom. The molecule has 0 radical (unpaired) electrons. The Morgan fingerprint density at radius 3 is 2.45 bits per heavy atom. The van der Waals surface area contributed by atoms with Crippen LogP contribution in [-0.2, 0) is 6.42 Å². The van der Waals surface area contributed by atoms with E-state index in [1.807, 2.05) is 30.3 Å². The highest BCUT2D eigenvalue weighted by Crippen LogP contribution is 2.38. The minimum Gasteiger partial charge on any atom is -0.507 e. The van der Waals surface area contributed by atoms with Crippen molar-refractivity contribution in [1.82, 2.24) is 0 Å². The molecule has 1 aliphatic heterocycles. The largest absolute Gasteiger partial charge is 0.507 e. The van der Waals surface area contributed by atoms with Gasteiger partial charge in [0.2, 0.25) is 11.2 Å². The van der Waals surface area contributed by atoms with Crippen LogP contribution in [0.3, 0.4) is 0 Å². The van der Waals surface area contributed by atoms with Gasteiger partial charge in [0.05, 0.1) is 26.2 Å². The third kappa shape index (κ3) is 5.00. The molecule has 206 valence electrons. The van der Waals surface area contributed by atoms with Crippen LogP contribution < -0.4 is 25.1 Å². The van der Waals surface area contributed by atoms with Crippen molar-refractivity contribution in [3.63, 3.8) is 0 Å². The van der Waals surface area contributed by atoms with Gasteiger partial charge in [-0.25, -0.2) is 0 Å². The Balaban J connectivity index is 0.000000162. The first-order chi connectivity index (χ1) is 19.3. The van der Waals surface area contributed by atoms with E-state index < -0.39 is 0 Å². The zero-order chi connectivity index (χ0) is 28.4. The van der Waals surface area contributed by atoms with Gasteiger partial charge in [0.15, 0.2) is 22.5 Å². The van der Waals surface area contributed by atoms with Gasteiger partial charge in [-0.15, -0.1) is 0 Å². The molecule has 0 fully saturated rings. The molecule has 8 heteroatoms. The first-order valence-corrected chi connectivity index (χ1v) is 13.0. The smallest absolute Gasteiger partial charge is 0.235 e. The van der Waals surface area contributed by atoms with Crippen LogP contribution in [0.5, 0.6) is 23.0 Å². The summed E-state index contributed by atoms with van der Waals surface area (Å²) < 4.78 is 27.7. The van der Waals surface area contributed by atoms with E-state index in [-0.39, 0.29) is 27.7 Å². The molecule has 3 heterocycles. The Hall–Kier alpha value is -4.72. The Bertz CT molecular complexity index is 1800. The molecule has 0 saturated heterocycles. The van der Waals surface area contributed by atoms with Crippen LogP contribution in [0.15, 0.2) is 79.1 Å². The first-order valence-electron chi connectivity index (χ1n) is 13.0. The van der Waals surface area contributed by atoms with E-state index in [9.17, 15) is 14.7 Å². The summed E-state index contributed by atoms with van der Waals surface area (Å²) in [6, 6.07) is 17.7. The van der Waals surface area contributed by atoms with Gasteiger partial charge in [-0.1, -0.05) is 43.3 Å². The molecule has 6 rings (SSSR count). The van der Waals surface area contributed by atoms with Crippen molar-refractivity contribution in [2.75, 3.05) is 20.8 Å². The second-order valence-corrected chi connectivity index (χ2v) is 9.75. The van der Waals surface area contributed by atoms with E-state index in [2.05, 4.69) is 6.92 Å². The maximum Gasteiger partial charge on any atom is 0.235 e. The number of aromatic hydroxyl groups is 1. The van der Waals surface area contributed by atoms with Crippen molar-refractivity contribution in [1.29, 1.82) is 0 Å². The fourth-order valence-corrected chi connectivity index (χ4v) is 4.82. The fraction of sp³-hybridized carbons (Fsp3) is 0.250. The second-order valence-electron chi connectivity index (χ2n) is 9.75. The summed E-state index contributed by atoms with van der Waals surface area (Å²) in [7, 11) is 3.01. The maximum atomic E-state index is 12.6. The molecule has 1 aliphatic rings. The number of aryl methyl sites for hydroxylation is 1. The number of hydrogen-bond donors (Lipinski definition) is 1. The van der Waals surface area contributed by atoms with E-state index >= 15 is 0 Å². The minimum absolute atomic E-state index is 0.00958. The van der Waals surface area contributed by atoms with Gasteiger partial charge in [-0.2, -0.15) is 0 Å². The van der Waals surface area contributed by atoms with Crippen LogP contribution >= 0.6 is 0 Å². The molecule has 0 bridgehead atoms. The molecule has 8 nitrogen and oxygen atoms in total. The first kappa shape index (κ1) is 26.9. The molecule has 40 heavy (non-hydrogen) atoms. The highest BCUT2D eigenvalue weighted by atomic mass is 16.5. The topological polar surface area (TPSA) is 108 Å². The Labute approximate surface area is 230 Å². The number of phenols is 1. The molecular weight excluding hydrogens is 512 g/mol. The van der Waals surface area contributed by atoms with Crippen LogP contribution in [-0.4, -0.2) is 25.9 Å². The molecule has 1 atom stereocenters. The lowest BCUT2D eigenvalue weighted by Gasteiger charge is -2.11. The zero-order valence-corrected chi connectivity index (χ0v) is 22.8. The molecule has 5 aromatic rings. The van der Waals surface area contributed by atoms with Gasteiger partial charge in [0.1, 0.15) is 28.2 Å². The SMILES string of the molecule is COc1c(-c2ccccc2)oc2c(OC)cccc2c1=O.Cc1cc(=O)c2c(O)c3c(cc2o1)OCC(C)CC3. The van der Waals surface area contributed by atoms with E-state index in [0.717, 1.165) is 12.0 Å². The monoisotopic (exact) mass is 542 g/mol. The summed E-state index contributed by atoms with van der Waals surface area (Å²) in [5.74, 6) is 2.71. The predicted octanol–water partition coefficient (Wildman–Crippen LogP) is 6.25. The van der Waals surface area contributed by atoms with Crippen LogP contribution in [0.2, 0.25) is 0 Å². The summed E-state index contributed by atoms with van der Waals surface area (Å²) in [4.78, 5) is 24.6. The molecular formula is C32H30O8. The number of para-hydroxylation sites is 1. The summed E-state index contributed by atoms with van der Waals surface area (Å²) in [6.45, 7) is 4.44.